The topological polar surface area (TPSA) is 46.3 Å². The lowest BCUT2D eigenvalue weighted by molar-refractivity contribution is -0.131. The fourth-order valence-corrected chi connectivity index (χ4v) is 0.846. The van der Waals surface area contributed by atoms with Gasteiger partial charge in [-0.05, 0) is 13.3 Å². The van der Waals surface area contributed by atoms with E-state index in [9.17, 15) is 4.79 Å². The van der Waals surface area contributed by atoms with Crippen molar-refractivity contribution >= 4 is 5.91 Å². The van der Waals surface area contributed by atoms with Gasteiger partial charge in [-0.15, -0.1) is 0 Å². The molecule has 0 aliphatic heterocycles. The van der Waals surface area contributed by atoms with Crippen LogP contribution in [0.3, 0.4) is 0 Å². The van der Waals surface area contributed by atoms with Gasteiger partial charge in [0, 0.05) is 13.0 Å². The fraction of sp³-hybridized carbons (Fsp3) is 0.875. The summed E-state index contributed by atoms with van der Waals surface area (Å²) in [5.74, 6) is 5.44. The molecule has 0 radical (unpaired) electrons. The third-order valence-corrected chi connectivity index (χ3v) is 1.66. The highest BCUT2D eigenvalue weighted by atomic mass is 16.2. The summed E-state index contributed by atoms with van der Waals surface area (Å²) in [7, 11) is 0. The van der Waals surface area contributed by atoms with Crippen LogP contribution in [0.4, 0.5) is 0 Å². The van der Waals surface area contributed by atoms with Gasteiger partial charge in [0.1, 0.15) is 0 Å². The Bertz CT molecular complexity index is 115. The van der Waals surface area contributed by atoms with E-state index in [1.807, 2.05) is 6.92 Å². The maximum Gasteiger partial charge on any atom is 0.236 e. The van der Waals surface area contributed by atoms with E-state index in [1.54, 1.807) is 0 Å². The van der Waals surface area contributed by atoms with Crippen molar-refractivity contribution in [2.24, 2.45) is 5.84 Å². The van der Waals surface area contributed by atoms with Crippen molar-refractivity contribution in [3.8, 4) is 0 Å². The smallest absolute Gasteiger partial charge is 0.236 e. The molecule has 0 spiro atoms. The van der Waals surface area contributed by atoms with E-state index in [4.69, 9.17) is 5.84 Å². The molecule has 0 rings (SSSR count). The van der Waals surface area contributed by atoms with E-state index in [0.717, 1.165) is 19.3 Å². The van der Waals surface area contributed by atoms with Gasteiger partial charge >= 0.3 is 0 Å². The normalized spacial score (nSPS) is 9.73. The van der Waals surface area contributed by atoms with Crippen molar-refractivity contribution in [2.45, 2.75) is 39.5 Å². The van der Waals surface area contributed by atoms with Gasteiger partial charge in [-0.1, -0.05) is 19.8 Å². The van der Waals surface area contributed by atoms with Crippen molar-refractivity contribution < 1.29 is 4.79 Å². The molecule has 0 aliphatic carbocycles. The van der Waals surface area contributed by atoms with Crippen LogP contribution < -0.4 is 5.84 Å². The van der Waals surface area contributed by atoms with Gasteiger partial charge in [0.2, 0.25) is 5.91 Å². The molecule has 0 saturated heterocycles. The van der Waals surface area contributed by atoms with Gasteiger partial charge in [0.05, 0.1) is 0 Å². The summed E-state index contributed by atoms with van der Waals surface area (Å²) in [5, 5.41) is 1.27. The number of nitrogens with two attached hydrogens (primary N) is 1. The molecule has 0 bridgehead atoms. The molecule has 0 aromatic heterocycles. The molecule has 66 valence electrons. The first-order chi connectivity index (χ1) is 5.22. The monoisotopic (exact) mass is 158 g/mol. The highest BCUT2D eigenvalue weighted by molar-refractivity contribution is 5.75. The van der Waals surface area contributed by atoms with E-state index < -0.39 is 0 Å². The van der Waals surface area contributed by atoms with Gasteiger partial charge in [0.25, 0.3) is 0 Å². The molecule has 0 heterocycles. The quantitative estimate of drug-likeness (QED) is 0.283. The molecule has 0 saturated carbocycles. The Morgan fingerprint density at radius 1 is 1.36 bits per heavy atom. The summed E-state index contributed by atoms with van der Waals surface area (Å²) in [6.45, 7) is 4.59. The maximum atomic E-state index is 11.0. The number of amides is 1. The van der Waals surface area contributed by atoms with Gasteiger partial charge in [-0.2, -0.15) is 0 Å². The Labute approximate surface area is 68.5 Å². The lowest BCUT2D eigenvalue weighted by atomic mass is 10.2. The van der Waals surface area contributed by atoms with Crippen molar-refractivity contribution in [2.75, 3.05) is 6.54 Å². The summed E-state index contributed by atoms with van der Waals surface area (Å²) in [5.41, 5.74) is 0. The number of hydrogen-bond acceptors (Lipinski definition) is 2. The minimum atomic E-state index is 0.0564. The zero-order chi connectivity index (χ0) is 8.69. The predicted molar refractivity (Wildman–Crippen MR) is 45.7 cm³/mol. The van der Waals surface area contributed by atoms with Crippen LogP contribution in [-0.4, -0.2) is 17.5 Å². The number of carbonyl (C=O) groups is 1. The zero-order valence-electron chi connectivity index (χ0n) is 7.47. The Morgan fingerprint density at radius 2 is 2.00 bits per heavy atom. The summed E-state index contributed by atoms with van der Waals surface area (Å²) in [4.78, 5) is 11.0. The fourth-order valence-electron chi connectivity index (χ4n) is 0.846. The van der Waals surface area contributed by atoms with E-state index >= 15 is 0 Å². The second kappa shape index (κ2) is 6.16. The van der Waals surface area contributed by atoms with E-state index in [0.29, 0.717) is 13.0 Å². The van der Waals surface area contributed by atoms with Gasteiger partial charge in [-0.25, -0.2) is 5.84 Å². The van der Waals surface area contributed by atoms with Crippen LogP contribution in [0.5, 0.6) is 0 Å². The molecule has 11 heavy (non-hydrogen) atoms. The second-order valence-corrected chi connectivity index (χ2v) is 2.64. The lowest BCUT2D eigenvalue weighted by Gasteiger charge is -2.12. The molecule has 2 N–H and O–H groups in total. The first-order valence-corrected chi connectivity index (χ1v) is 4.27. The summed E-state index contributed by atoms with van der Waals surface area (Å²) < 4.78 is 0. The number of carbonyl (C=O) groups excluding carboxylic acids is 1. The number of rotatable bonds is 5. The van der Waals surface area contributed by atoms with Crippen molar-refractivity contribution in [1.82, 2.24) is 5.01 Å². The molecular formula is C8H18N2O. The summed E-state index contributed by atoms with van der Waals surface area (Å²) in [6, 6.07) is 0. The molecule has 0 aliphatic rings. The van der Waals surface area contributed by atoms with Gasteiger partial charge in [0.15, 0.2) is 0 Å². The molecule has 3 nitrogen and oxygen atoms in total. The van der Waals surface area contributed by atoms with Crippen molar-refractivity contribution in [3.63, 3.8) is 0 Å². The van der Waals surface area contributed by atoms with Crippen molar-refractivity contribution in [3.05, 3.63) is 0 Å². The molecule has 0 unspecified atom stereocenters. The minimum Gasteiger partial charge on any atom is -0.281 e. The standard InChI is InChI=1S/C8H18N2O/c1-3-5-6-7-8(11)10(9)4-2/h3-7,9H2,1-2H3. The van der Waals surface area contributed by atoms with Crippen LogP contribution in [-0.2, 0) is 4.79 Å². The SMILES string of the molecule is CCCCCC(=O)N(N)CC. The molecule has 0 aromatic rings. The number of hydrogen-bond donors (Lipinski definition) is 1. The van der Waals surface area contributed by atoms with Crippen LogP contribution >= 0.6 is 0 Å². The van der Waals surface area contributed by atoms with Crippen LogP contribution in [0.2, 0.25) is 0 Å². The molecule has 3 heteroatoms. The first kappa shape index (κ1) is 10.4. The summed E-state index contributed by atoms with van der Waals surface area (Å²) in [6.07, 6.45) is 3.81. The Kier molecular flexibility index (Phi) is 5.84. The highest BCUT2D eigenvalue weighted by Gasteiger charge is 2.04. The van der Waals surface area contributed by atoms with E-state index in [-0.39, 0.29) is 5.91 Å². The van der Waals surface area contributed by atoms with E-state index in [2.05, 4.69) is 6.92 Å². The first-order valence-electron chi connectivity index (χ1n) is 4.27. The largest absolute Gasteiger partial charge is 0.281 e. The predicted octanol–water partition coefficient (Wildman–Crippen LogP) is 1.29. The van der Waals surface area contributed by atoms with Crippen LogP contribution in [0.1, 0.15) is 39.5 Å². The number of nitrogens with zero attached hydrogens (tertiary/aromatic N) is 1. The molecule has 0 fully saturated rings. The number of hydrazine groups is 1. The third kappa shape index (κ3) is 4.79. The molecule has 0 atom stereocenters. The maximum absolute atomic E-state index is 11.0. The van der Waals surface area contributed by atoms with Crippen LogP contribution in [0.15, 0.2) is 0 Å². The molecule has 0 aromatic carbocycles. The third-order valence-electron chi connectivity index (χ3n) is 1.66. The minimum absolute atomic E-state index is 0.0564. The van der Waals surface area contributed by atoms with Crippen molar-refractivity contribution in [1.29, 1.82) is 0 Å². The molecular weight excluding hydrogens is 140 g/mol. The molecule has 1 amide bonds. The lowest BCUT2D eigenvalue weighted by Crippen LogP contribution is -2.36. The number of unbranched alkanes of at least 4 members (excludes halogenated alkanes) is 2. The second-order valence-electron chi connectivity index (χ2n) is 2.64. The van der Waals surface area contributed by atoms with Crippen LogP contribution in [0, 0.1) is 0 Å². The summed E-state index contributed by atoms with van der Waals surface area (Å²) >= 11 is 0. The zero-order valence-corrected chi connectivity index (χ0v) is 7.47. The average Bonchev–Trinajstić information content (AvgIpc) is 2.03. The highest BCUT2D eigenvalue weighted by Crippen LogP contribution is 2.00. The van der Waals surface area contributed by atoms with Gasteiger partial charge < -0.3 is 0 Å². The Balaban J connectivity index is 3.36. The van der Waals surface area contributed by atoms with Gasteiger partial charge in [-0.3, -0.25) is 9.80 Å². The van der Waals surface area contributed by atoms with E-state index in [1.165, 1.54) is 5.01 Å². The van der Waals surface area contributed by atoms with Crippen LogP contribution in [0.25, 0.3) is 0 Å². The Morgan fingerprint density at radius 3 is 2.45 bits per heavy atom. The average molecular weight is 158 g/mol. The Hall–Kier alpha value is -0.570.